The maximum Gasteiger partial charge on any atom is 0.331 e. The molecular formula is C12H14ClFN4O3. The Morgan fingerprint density at radius 1 is 1.48 bits per heavy atom. The monoisotopic (exact) mass is 316 g/mol. The molecule has 114 valence electrons. The van der Waals surface area contributed by atoms with Gasteiger partial charge in [-0.2, -0.15) is 0 Å². The summed E-state index contributed by atoms with van der Waals surface area (Å²) < 4.78 is 18.3. The molecule has 9 heteroatoms. The Labute approximate surface area is 125 Å². The van der Waals surface area contributed by atoms with Gasteiger partial charge in [-0.05, 0) is 12.1 Å². The minimum Gasteiger partial charge on any atom is -0.484 e. The van der Waals surface area contributed by atoms with Crippen molar-refractivity contribution in [2.45, 2.75) is 6.04 Å². The van der Waals surface area contributed by atoms with E-state index >= 15 is 0 Å². The SMILES string of the molecule is NNC(=O)N1CC(NC(=O)COc2ccc(Cl)c(F)c2)C1. The minimum atomic E-state index is -0.614. The Kier molecular flexibility index (Phi) is 4.81. The minimum absolute atomic E-state index is 0.0143. The van der Waals surface area contributed by atoms with Crippen LogP contribution in [0.4, 0.5) is 9.18 Å². The number of likely N-dealkylation sites (tertiary alicyclic amines) is 1. The fourth-order valence-electron chi connectivity index (χ4n) is 1.81. The van der Waals surface area contributed by atoms with Crippen molar-refractivity contribution in [1.29, 1.82) is 0 Å². The van der Waals surface area contributed by atoms with E-state index < -0.39 is 11.8 Å². The zero-order valence-corrected chi connectivity index (χ0v) is 11.7. The van der Waals surface area contributed by atoms with Crippen molar-refractivity contribution in [2.24, 2.45) is 5.84 Å². The van der Waals surface area contributed by atoms with E-state index in [9.17, 15) is 14.0 Å². The summed E-state index contributed by atoms with van der Waals surface area (Å²) in [6, 6.07) is 3.38. The van der Waals surface area contributed by atoms with Crippen LogP contribution in [0.5, 0.6) is 5.75 Å². The summed E-state index contributed by atoms with van der Waals surface area (Å²) in [6.07, 6.45) is 0. The molecule has 3 amide bonds. The number of benzene rings is 1. The van der Waals surface area contributed by atoms with Crippen LogP contribution in [0, 0.1) is 5.82 Å². The molecule has 0 atom stereocenters. The molecule has 1 aliphatic heterocycles. The first-order chi connectivity index (χ1) is 9.99. The van der Waals surface area contributed by atoms with Crippen LogP contribution in [-0.4, -0.2) is 42.6 Å². The smallest absolute Gasteiger partial charge is 0.331 e. The number of ether oxygens (including phenoxy) is 1. The second-order valence-electron chi connectivity index (χ2n) is 4.48. The van der Waals surface area contributed by atoms with Gasteiger partial charge in [0.25, 0.3) is 5.91 Å². The number of amides is 3. The van der Waals surface area contributed by atoms with E-state index in [1.165, 1.54) is 17.0 Å². The van der Waals surface area contributed by atoms with E-state index in [-0.39, 0.29) is 29.3 Å². The van der Waals surface area contributed by atoms with E-state index in [0.717, 1.165) is 6.07 Å². The first-order valence-corrected chi connectivity index (χ1v) is 6.50. The summed E-state index contributed by atoms with van der Waals surface area (Å²) >= 11 is 5.53. The van der Waals surface area contributed by atoms with Gasteiger partial charge in [0.15, 0.2) is 6.61 Å². The Morgan fingerprint density at radius 3 is 2.81 bits per heavy atom. The number of hydrazine groups is 1. The van der Waals surface area contributed by atoms with E-state index in [1.54, 1.807) is 0 Å². The molecule has 1 aromatic rings. The Bertz CT molecular complexity index is 551. The van der Waals surface area contributed by atoms with Crippen LogP contribution in [0.1, 0.15) is 0 Å². The summed E-state index contributed by atoms with van der Waals surface area (Å²) in [5, 5.41) is 2.66. The molecule has 4 N–H and O–H groups in total. The molecule has 0 saturated carbocycles. The lowest BCUT2D eigenvalue weighted by Gasteiger charge is -2.38. The lowest BCUT2D eigenvalue weighted by atomic mass is 10.1. The number of hydrogen-bond donors (Lipinski definition) is 3. The summed E-state index contributed by atoms with van der Waals surface area (Å²) in [5.41, 5.74) is 2.00. The van der Waals surface area contributed by atoms with Crippen molar-refractivity contribution in [3.05, 3.63) is 29.0 Å². The fourth-order valence-corrected chi connectivity index (χ4v) is 1.93. The van der Waals surface area contributed by atoms with Gasteiger partial charge < -0.3 is 15.0 Å². The number of nitrogens with one attached hydrogen (secondary N) is 2. The summed E-state index contributed by atoms with van der Waals surface area (Å²) in [4.78, 5) is 24.2. The molecule has 0 bridgehead atoms. The first-order valence-electron chi connectivity index (χ1n) is 6.12. The molecule has 2 rings (SSSR count). The third kappa shape index (κ3) is 3.96. The molecule has 21 heavy (non-hydrogen) atoms. The fraction of sp³-hybridized carbons (Fsp3) is 0.333. The number of halogens is 2. The van der Waals surface area contributed by atoms with Crippen molar-refractivity contribution < 1.29 is 18.7 Å². The highest BCUT2D eigenvalue weighted by molar-refractivity contribution is 6.30. The largest absolute Gasteiger partial charge is 0.484 e. The van der Waals surface area contributed by atoms with Crippen molar-refractivity contribution in [3.63, 3.8) is 0 Å². The predicted octanol–water partition coefficient (Wildman–Crippen LogP) is 0.242. The van der Waals surface area contributed by atoms with Crippen LogP contribution in [0.2, 0.25) is 5.02 Å². The van der Waals surface area contributed by atoms with Crippen LogP contribution >= 0.6 is 11.6 Å². The van der Waals surface area contributed by atoms with Crippen molar-refractivity contribution >= 4 is 23.5 Å². The number of carbonyl (C=O) groups is 2. The average Bonchev–Trinajstić information content (AvgIpc) is 2.43. The zero-order chi connectivity index (χ0) is 15.4. The highest BCUT2D eigenvalue weighted by Gasteiger charge is 2.31. The Hall–Kier alpha value is -2.06. The second kappa shape index (κ2) is 6.59. The number of hydrogen-bond acceptors (Lipinski definition) is 4. The molecule has 0 radical (unpaired) electrons. The molecule has 0 aliphatic carbocycles. The van der Waals surface area contributed by atoms with Crippen LogP contribution < -0.4 is 21.3 Å². The van der Waals surface area contributed by atoms with Gasteiger partial charge in [-0.15, -0.1) is 0 Å². The molecule has 0 spiro atoms. The maximum atomic E-state index is 13.2. The normalized spacial score (nSPS) is 14.3. The van der Waals surface area contributed by atoms with Crippen LogP contribution in [-0.2, 0) is 4.79 Å². The van der Waals surface area contributed by atoms with Gasteiger partial charge in [0, 0.05) is 19.2 Å². The molecule has 1 saturated heterocycles. The maximum absolute atomic E-state index is 13.2. The van der Waals surface area contributed by atoms with Gasteiger partial charge in [0.1, 0.15) is 11.6 Å². The number of rotatable bonds is 4. The third-order valence-electron chi connectivity index (χ3n) is 2.92. The molecule has 0 aromatic heterocycles. The standard InChI is InChI=1S/C12H14ClFN4O3/c13-9-2-1-8(3-10(9)14)21-6-11(19)16-7-4-18(5-7)12(20)17-15/h1-3,7H,4-6,15H2,(H,16,19)(H,17,20). The van der Waals surface area contributed by atoms with Gasteiger partial charge >= 0.3 is 6.03 Å². The average molecular weight is 317 g/mol. The lowest BCUT2D eigenvalue weighted by Crippen LogP contribution is -2.63. The Balaban J connectivity index is 1.71. The van der Waals surface area contributed by atoms with Crippen molar-refractivity contribution in [2.75, 3.05) is 19.7 Å². The molecule has 1 aromatic carbocycles. The molecule has 0 unspecified atom stereocenters. The highest BCUT2D eigenvalue weighted by atomic mass is 35.5. The second-order valence-corrected chi connectivity index (χ2v) is 4.89. The van der Waals surface area contributed by atoms with Gasteiger partial charge in [-0.1, -0.05) is 11.6 Å². The van der Waals surface area contributed by atoms with Gasteiger partial charge in [-0.25, -0.2) is 15.0 Å². The molecular weight excluding hydrogens is 303 g/mol. The van der Waals surface area contributed by atoms with Crippen LogP contribution in [0.15, 0.2) is 18.2 Å². The van der Waals surface area contributed by atoms with Gasteiger partial charge in [-0.3, -0.25) is 10.2 Å². The van der Waals surface area contributed by atoms with Gasteiger partial charge in [0.2, 0.25) is 0 Å². The van der Waals surface area contributed by atoms with E-state index in [4.69, 9.17) is 22.2 Å². The summed E-state index contributed by atoms with van der Waals surface area (Å²) in [5.74, 6) is 4.22. The number of carbonyl (C=O) groups excluding carboxylic acids is 2. The topological polar surface area (TPSA) is 96.7 Å². The van der Waals surface area contributed by atoms with E-state index in [2.05, 4.69) is 5.32 Å². The van der Waals surface area contributed by atoms with Crippen molar-refractivity contribution in [1.82, 2.24) is 15.6 Å². The van der Waals surface area contributed by atoms with Crippen LogP contribution in [0.3, 0.4) is 0 Å². The third-order valence-corrected chi connectivity index (χ3v) is 3.22. The number of nitrogens with two attached hydrogens (primary N) is 1. The van der Waals surface area contributed by atoms with Gasteiger partial charge in [0.05, 0.1) is 11.1 Å². The highest BCUT2D eigenvalue weighted by Crippen LogP contribution is 2.20. The Morgan fingerprint density at radius 2 is 2.19 bits per heavy atom. The van der Waals surface area contributed by atoms with E-state index in [1.807, 2.05) is 5.43 Å². The lowest BCUT2D eigenvalue weighted by molar-refractivity contribution is -0.124. The summed E-state index contributed by atoms with van der Waals surface area (Å²) in [6.45, 7) is 0.509. The first kappa shape index (κ1) is 15.3. The number of urea groups is 1. The predicted molar refractivity (Wildman–Crippen MR) is 73.1 cm³/mol. The number of nitrogens with zero attached hydrogens (tertiary/aromatic N) is 1. The molecule has 1 heterocycles. The van der Waals surface area contributed by atoms with Crippen molar-refractivity contribution in [3.8, 4) is 5.75 Å². The molecule has 1 fully saturated rings. The quantitative estimate of drug-likeness (QED) is 0.421. The van der Waals surface area contributed by atoms with E-state index in [0.29, 0.717) is 13.1 Å². The zero-order valence-electron chi connectivity index (χ0n) is 10.9. The molecule has 7 nitrogen and oxygen atoms in total. The summed E-state index contributed by atoms with van der Waals surface area (Å²) in [7, 11) is 0. The molecule has 1 aliphatic rings. The van der Waals surface area contributed by atoms with Crippen LogP contribution in [0.25, 0.3) is 0 Å².